The highest BCUT2D eigenvalue weighted by molar-refractivity contribution is 5.96. The van der Waals surface area contributed by atoms with Crippen molar-refractivity contribution in [2.75, 3.05) is 0 Å². The summed E-state index contributed by atoms with van der Waals surface area (Å²) in [4.78, 5) is 24.4. The van der Waals surface area contributed by atoms with E-state index in [1.54, 1.807) is 51.1 Å². The van der Waals surface area contributed by atoms with Crippen molar-refractivity contribution in [2.24, 2.45) is 11.8 Å². The van der Waals surface area contributed by atoms with Gasteiger partial charge in [-0.25, -0.2) is 8.78 Å². The maximum Gasteiger partial charge on any atom is 0.313 e. The number of hydrogen-bond acceptors (Lipinski definition) is 4. The average molecular weight is 527 g/mol. The van der Waals surface area contributed by atoms with Gasteiger partial charge in [-0.3, -0.25) is 9.59 Å². The fourth-order valence-electron chi connectivity index (χ4n) is 4.41. The molecule has 4 nitrogen and oxygen atoms in total. The summed E-state index contributed by atoms with van der Waals surface area (Å²) in [6, 6.07) is 12.3. The molecular formula is C32H40F2O4. The van der Waals surface area contributed by atoms with Crippen LogP contribution >= 0.6 is 0 Å². The second-order valence-electron chi connectivity index (χ2n) is 10.9. The number of esters is 1. The van der Waals surface area contributed by atoms with Crippen LogP contribution in [-0.4, -0.2) is 28.6 Å². The average Bonchev–Trinajstić information content (AvgIpc) is 2.80. The molecule has 206 valence electrons. The quantitative estimate of drug-likeness (QED) is 0.177. The molecule has 2 atom stereocenters. The fourth-order valence-corrected chi connectivity index (χ4v) is 4.41. The Morgan fingerprint density at radius 2 is 1.45 bits per heavy atom. The minimum absolute atomic E-state index is 0.0750. The smallest absolute Gasteiger partial charge is 0.313 e. The number of carbonyl (C=O) groups is 2. The van der Waals surface area contributed by atoms with Crippen molar-refractivity contribution in [3.63, 3.8) is 0 Å². The lowest BCUT2D eigenvalue weighted by Gasteiger charge is -2.26. The molecule has 2 unspecified atom stereocenters. The summed E-state index contributed by atoms with van der Waals surface area (Å²) < 4.78 is 32.8. The number of ether oxygens (including phenoxy) is 1. The summed E-state index contributed by atoms with van der Waals surface area (Å²) in [6.07, 6.45) is 3.39. The molecule has 0 aliphatic carbocycles. The monoisotopic (exact) mass is 526 g/mol. The Bertz CT molecular complexity index is 1080. The maximum atomic E-state index is 13.8. The molecule has 0 aliphatic heterocycles. The van der Waals surface area contributed by atoms with E-state index in [4.69, 9.17) is 4.74 Å². The number of aliphatic hydroxyl groups is 1. The summed E-state index contributed by atoms with van der Waals surface area (Å²) >= 11 is 0. The first kappa shape index (κ1) is 31.1. The molecule has 1 N–H and O–H groups in total. The number of ketones is 1. The molecule has 0 saturated heterocycles. The van der Waals surface area contributed by atoms with Crippen LogP contribution in [0.25, 0.3) is 5.57 Å². The number of Topliss-reactive ketones (excluding diaryl/α,β-unsaturated/α-hetero) is 1. The first-order chi connectivity index (χ1) is 17.8. The van der Waals surface area contributed by atoms with Crippen LogP contribution in [0.15, 0.2) is 66.3 Å². The second-order valence-corrected chi connectivity index (χ2v) is 10.9. The standard InChI is InChI=1S/C32H40F2O4/c1-7-8-28(21(2)3)29(18-17-26(35)19-27(36)20-30(37)38-32(4,5)6)31(22-9-13-24(33)14-10-22)23-11-15-25(34)16-12-23/h9-18,21,26,28,35H,7-8,19-20H2,1-6H3. The third kappa shape index (κ3) is 9.97. The van der Waals surface area contributed by atoms with Crippen LogP contribution in [0.4, 0.5) is 8.78 Å². The van der Waals surface area contributed by atoms with Gasteiger partial charge in [-0.2, -0.15) is 0 Å². The van der Waals surface area contributed by atoms with E-state index >= 15 is 0 Å². The lowest BCUT2D eigenvalue weighted by molar-refractivity contribution is -0.156. The van der Waals surface area contributed by atoms with Crippen LogP contribution in [0.5, 0.6) is 0 Å². The van der Waals surface area contributed by atoms with E-state index in [1.807, 2.05) is 6.08 Å². The molecular weight excluding hydrogens is 486 g/mol. The zero-order valence-corrected chi connectivity index (χ0v) is 23.3. The molecule has 2 aromatic carbocycles. The van der Waals surface area contributed by atoms with Crippen LogP contribution < -0.4 is 0 Å². The number of allylic oxidation sites excluding steroid dienone is 2. The van der Waals surface area contributed by atoms with Crippen molar-refractivity contribution in [3.8, 4) is 0 Å². The molecule has 0 radical (unpaired) electrons. The molecule has 6 heteroatoms. The minimum atomic E-state index is -1.11. The van der Waals surface area contributed by atoms with E-state index in [9.17, 15) is 23.5 Å². The van der Waals surface area contributed by atoms with Crippen molar-refractivity contribution in [3.05, 3.63) is 89.0 Å². The molecule has 0 fully saturated rings. The molecule has 0 spiro atoms. The molecule has 0 saturated carbocycles. The zero-order valence-electron chi connectivity index (χ0n) is 23.3. The van der Waals surface area contributed by atoms with Gasteiger partial charge in [0.25, 0.3) is 0 Å². The van der Waals surface area contributed by atoms with Crippen LogP contribution in [0.2, 0.25) is 0 Å². The topological polar surface area (TPSA) is 63.6 Å². The number of hydrogen-bond donors (Lipinski definition) is 1. The van der Waals surface area contributed by atoms with Crippen molar-refractivity contribution in [1.29, 1.82) is 0 Å². The highest BCUT2D eigenvalue weighted by Gasteiger charge is 2.23. The summed E-state index contributed by atoms with van der Waals surface area (Å²) in [5.41, 5.74) is 2.53. The van der Waals surface area contributed by atoms with Gasteiger partial charge in [0, 0.05) is 6.42 Å². The fraction of sp³-hybridized carbons (Fsp3) is 0.438. The highest BCUT2D eigenvalue weighted by Crippen LogP contribution is 2.37. The summed E-state index contributed by atoms with van der Waals surface area (Å²) in [5.74, 6) is -1.47. The van der Waals surface area contributed by atoms with Crippen LogP contribution in [0.1, 0.15) is 78.4 Å². The third-order valence-electron chi connectivity index (χ3n) is 6.05. The molecule has 0 aromatic heterocycles. The number of halogens is 2. The number of carbonyl (C=O) groups excluding carboxylic acids is 2. The molecule has 2 aromatic rings. The summed E-state index contributed by atoms with van der Waals surface area (Å²) in [6.45, 7) is 11.5. The molecule has 2 rings (SSSR count). The first-order valence-electron chi connectivity index (χ1n) is 13.2. The van der Waals surface area contributed by atoms with E-state index in [1.165, 1.54) is 24.3 Å². The molecule has 0 bridgehead atoms. The number of benzene rings is 2. The molecule has 0 heterocycles. The largest absolute Gasteiger partial charge is 0.460 e. The maximum absolute atomic E-state index is 13.8. The Morgan fingerprint density at radius 1 is 0.947 bits per heavy atom. The van der Waals surface area contributed by atoms with Gasteiger partial charge in [0.15, 0.2) is 0 Å². The minimum Gasteiger partial charge on any atom is -0.460 e. The van der Waals surface area contributed by atoms with Gasteiger partial charge in [-0.15, -0.1) is 0 Å². The van der Waals surface area contributed by atoms with Gasteiger partial charge in [0.2, 0.25) is 0 Å². The summed E-state index contributed by atoms with van der Waals surface area (Å²) in [5, 5.41) is 10.7. The lowest BCUT2D eigenvalue weighted by atomic mass is 9.78. The first-order valence-corrected chi connectivity index (χ1v) is 13.2. The van der Waals surface area contributed by atoms with E-state index in [-0.39, 0.29) is 29.9 Å². The SMILES string of the molecule is CCCC(C(C=CC(O)CC(=O)CC(=O)OC(C)(C)C)=C(c1ccc(F)cc1)c1ccc(F)cc1)C(C)C. The molecule has 0 aliphatic rings. The Morgan fingerprint density at radius 3 is 1.87 bits per heavy atom. The second kappa shape index (κ2) is 14.1. The van der Waals surface area contributed by atoms with E-state index < -0.39 is 29.9 Å². The van der Waals surface area contributed by atoms with Gasteiger partial charge < -0.3 is 9.84 Å². The molecule has 0 amide bonds. The lowest BCUT2D eigenvalue weighted by Crippen LogP contribution is -2.26. The number of aliphatic hydroxyl groups excluding tert-OH is 1. The van der Waals surface area contributed by atoms with Gasteiger partial charge in [-0.05, 0) is 85.6 Å². The van der Waals surface area contributed by atoms with Crippen LogP contribution in [0.3, 0.4) is 0 Å². The molecule has 38 heavy (non-hydrogen) atoms. The highest BCUT2D eigenvalue weighted by atomic mass is 19.1. The van der Waals surface area contributed by atoms with E-state index in [0.29, 0.717) is 0 Å². The Hall–Kier alpha value is -3.12. The zero-order chi connectivity index (χ0) is 28.5. The van der Waals surface area contributed by atoms with Crippen molar-refractivity contribution in [1.82, 2.24) is 0 Å². The van der Waals surface area contributed by atoms with Crippen molar-refractivity contribution < 1.29 is 28.2 Å². The van der Waals surface area contributed by atoms with E-state index in [0.717, 1.165) is 35.1 Å². The van der Waals surface area contributed by atoms with Crippen molar-refractivity contribution in [2.45, 2.75) is 78.9 Å². The summed E-state index contributed by atoms with van der Waals surface area (Å²) in [7, 11) is 0. The van der Waals surface area contributed by atoms with Gasteiger partial charge in [-0.1, -0.05) is 63.6 Å². The normalized spacial score (nSPS) is 13.4. The Balaban J connectivity index is 2.52. The number of rotatable bonds is 12. The van der Waals surface area contributed by atoms with Gasteiger partial charge in [0.05, 0.1) is 6.10 Å². The predicted octanol–water partition coefficient (Wildman–Crippen LogP) is 7.45. The van der Waals surface area contributed by atoms with Gasteiger partial charge in [0.1, 0.15) is 29.4 Å². The van der Waals surface area contributed by atoms with E-state index in [2.05, 4.69) is 20.8 Å². The van der Waals surface area contributed by atoms with Crippen molar-refractivity contribution >= 4 is 17.3 Å². The third-order valence-corrected chi connectivity index (χ3v) is 6.05. The van der Waals surface area contributed by atoms with Crippen LogP contribution in [0, 0.1) is 23.5 Å². The Kier molecular flexibility index (Phi) is 11.6. The van der Waals surface area contributed by atoms with Crippen LogP contribution in [-0.2, 0) is 14.3 Å². The predicted molar refractivity (Wildman–Crippen MR) is 147 cm³/mol. The Labute approximate surface area is 225 Å². The van der Waals surface area contributed by atoms with Gasteiger partial charge >= 0.3 is 5.97 Å².